The van der Waals surface area contributed by atoms with Gasteiger partial charge in [-0.15, -0.1) is 0 Å². The van der Waals surface area contributed by atoms with Gasteiger partial charge in [0, 0.05) is 13.1 Å². The number of nitrogen functional groups attached to an aromatic ring is 1. The Morgan fingerprint density at radius 3 is 2.83 bits per heavy atom. The number of anilines is 1. The van der Waals surface area contributed by atoms with Gasteiger partial charge in [-0.05, 0) is 32.1 Å². The summed E-state index contributed by atoms with van der Waals surface area (Å²) in [6.07, 6.45) is 4.24. The molecule has 0 aromatic carbocycles. The molecule has 5 heteroatoms. The SMILES string of the molecule is CCCc1[nH]nc(C(=O)N(C)C(C)C2CC2)c1N. The molecule has 1 heterocycles. The van der Waals surface area contributed by atoms with Crippen LogP contribution in [0.2, 0.25) is 0 Å². The number of amides is 1. The van der Waals surface area contributed by atoms with Crippen LogP contribution in [-0.4, -0.2) is 34.1 Å². The van der Waals surface area contributed by atoms with Crippen LogP contribution in [0.1, 0.15) is 49.3 Å². The van der Waals surface area contributed by atoms with Gasteiger partial charge in [0.2, 0.25) is 0 Å². The van der Waals surface area contributed by atoms with E-state index in [9.17, 15) is 4.79 Å². The summed E-state index contributed by atoms with van der Waals surface area (Å²) in [7, 11) is 1.83. The summed E-state index contributed by atoms with van der Waals surface area (Å²) >= 11 is 0. The lowest BCUT2D eigenvalue weighted by molar-refractivity contribution is 0.0722. The smallest absolute Gasteiger partial charge is 0.276 e. The van der Waals surface area contributed by atoms with E-state index < -0.39 is 0 Å². The maximum atomic E-state index is 12.3. The number of aryl methyl sites for hydroxylation is 1. The summed E-state index contributed by atoms with van der Waals surface area (Å²) in [5.74, 6) is 0.569. The predicted octanol–water partition coefficient (Wildman–Crippen LogP) is 1.81. The third-order valence-corrected chi connectivity index (χ3v) is 3.82. The van der Waals surface area contributed by atoms with Crippen LogP contribution in [0.25, 0.3) is 0 Å². The van der Waals surface area contributed by atoms with Gasteiger partial charge in [-0.1, -0.05) is 13.3 Å². The van der Waals surface area contributed by atoms with Gasteiger partial charge in [-0.3, -0.25) is 9.89 Å². The summed E-state index contributed by atoms with van der Waals surface area (Å²) in [4.78, 5) is 14.1. The van der Waals surface area contributed by atoms with Crippen LogP contribution in [0.15, 0.2) is 0 Å². The summed E-state index contributed by atoms with van der Waals surface area (Å²) in [5.41, 5.74) is 7.73. The van der Waals surface area contributed by atoms with Crippen molar-refractivity contribution in [2.24, 2.45) is 5.92 Å². The van der Waals surface area contributed by atoms with Gasteiger partial charge >= 0.3 is 0 Å². The van der Waals surface area contributed by atoms with Crippen LogP contribution < -0.4 is 5.73 Å². The van der Waals surface area contributed by atoms with E-state index in [0.29, 0.717) is 17.3 Å². The average molecular weight is 250 g/mol. The molecule has 0 aliphatic heterocycles. The van der Waals surface area contributed by atoms with Crippen molar-refractivity contribution in [2.45, 2.75) is 45.6 Å². The van der Waals surface area contributed by atoms with Crippen molar-refractivity contribution in [1.82, 2.24) is 15.1 Å². The first kappa shape index (κ1) is 12.9. The monoisotopic (exact) mass is 250 g/mol. The minimum absolute atomic E-state index is 0.0782. The van der Waals surface area contributed by atoms with E-state index >= 15 is 0 Å². The Balaban J connectivity index is 2.12. The quantitative estimate of drug-likeness (QED) is 0.837. The van der Waals surface area contributed by atoms with Crippen molar-refractivity contribution in [2.75, 3.05) is 12.8 Å². The van der Waals surface area contributed by atoms with E-state index in [1.165, 1.54) is 12.8 Å². The fraction of sp³-hybridized carbons (Fsp3) is 0.692. The molecular weight excluding hydrogens is 228 g/mol. The molecule has 18 heavy (non-hydrogen) atoms. The van der Waals surface area contributed by atoms with Crippen molar-refractivity contribution < 1.29 is 4.79 Å². The molecule has 1 atom stereocenters. The van der Waals surface area contributed by atoms with Crippen LogP contribution in [0.3, 0.4) is 0 Å². The van der Waals surface area contributed by atoms with E-state index in [4.69, 9.17) is 5.73 Å². The predicted molar refractivity (Wildman–Crippen MR) is 71.3 cm³/mol. The molecule has 1 saturated carbocycles. The van der Waals surface area contributed by atoms with Gasteiger partial charge in [0.25, 0.3) is 5.91 Å². The lowest BCUT2D eigenvalue weighted by Gasteiger charge is -2.24. The number of nitrogens with one attached hydrogen (secondary N) is 1. The number of rotatable bonds is 5. The molecule has 1 aromatic heterocycles. The zero-order chi connectivity index (χ0) is 13.3. The zero-order valence-electron chi connectivity index (χ0n) is 11.4. The van der Waals surface area contributed by atoms with Crippen LogP contribution in [0, 0.1) is 5.92 Å². The molecule has 0 spiro atoms. The van der Waals surface area contributed by atoms with Gasteiger partial charge in [0.1, 0.15) is 0 Å². The number of carbonyl (C=O) groups excluding carboxylic acids is 1. The lowest BCUT2D eigenvalue weighted by atomic mass is 10.1. The van der Waals surface area contributed by atoms with Crippen LogP contribution in [-0.2, 0) is 6.42 Å². The molecule has 1 aliphatic rings. The van der Waals surface area contributed by atoms with Gasteiger partial charge in [0.05, 0.1) is 11.4 Å². The number of H-pyrrole nitrogens is 1. The van der Waals surface area contributed by atoms with Crippen molar-refractivity contribution in [3.63, 3.8) is 0 Å². The number of aromatic amines is 1. The molecule has 100 valence electrons. The number of hydrogen-bond donors (Lipinski definition) is 2. The Hall–Kier alpha value is -1.52. The normalized spacial score (nSPS) is 16.6. The van der Waals surface area contributed by atoms with Gasteiger partial charge in [-0.2, -0.15) is 5.10 Å². The second-order valence-corrected chi connectivity index (χ2v) is 5.21. The first-order valence-electron chi connectivity index (χ1n) is 6.66. The molecule has 2 rings (SSSR count). The van der Waals surface area contributed by atoms with E-state index in [1.807, 2.05) is 7.05 Å². The van der Waals surface area contributed by atoms with Crippen LogP contribution in [0.4, 0.5) is 5.69 Å². The van der Waals surface area contributed by atoms with E-state index in [-0.39, 0.29) is 11.9 Å². The molecule has 0 radical (unpaired) electrons. The molecule has 3 N–H and O–H groups in total. The van der Waals surface area contributed by atoms with Crippen LogP contribution in [0.5, 0.6) is 0 Å². The molecule has 1 aliphatic carbocycles. The summed E-state index contributed by atoms with van der Waals surface area (Å²) < 4.78 is 0. The highest BCUT2D eigenvalue weighted by atomic mass is 16.2. The molecule has 1 amide bonds. The standard InChI is InChI=1S/C13H22N4O/c1-4-5-10-11(14)12(16-15-10)13(18)17(3)8(2)9-6-7-9/h8-9H,4-7,14H2,1-3H3,(H,15,16). The van der Waals surface area contributed by atoms with Crippen molar-refractivity contribution >= 4 is 11.6 Å². The fourth-order valence-electron chi connectivity index (χ4n) is 2.24. The average Bonchev–Trinajstić information content (AvgIpc) is 3.14. The van der Waals surface area contributed by atoms with Crippen molar-refractivity contribution in [3.05, 3.63) is 11.4 Å². The maximum Gasteiger partial charge on any atom is 0.276 e. The first-order chi connectivity index (χ1) is 8.56. The second-order valence-electron chi connectivity index (χ2n) is 5.21. The zero-order valence-corrected chi connectivity index (χ0v) is 11.4. The highest BCUT2D eigenvalue weighted by molar-refractivity contribution is 5.97. The lowest BCUT2D eigenvalue weighted by Crippen LogP contribution is -2.37. The molecule has 1 fully saturated rings. The highest BCUT2D eigenvalue weighted by Crippen LogP contribution is 2.35. The van der Waals surface area contributed by atoms with Crippen molar-refractivity contribution in [3.8, 4) is 0 Å². The molecule has 0 saturated heterocycles. The number of hydrogen-bond acceptors (Lipinski definition) is 3. The number of nitrogens with zero attached hydrogens (tertiary/aromatic N) is 2. The molecule has 5 nitrogen and oxygen atoms in total. The molecule has 1 aromatic rings. The topological polar surface area (TPSA) is 75.0 Å². The minimum Gasteiger partial charge on any atom is -0.395 e. The molecular formula is C13H22N4O. The Morgan fingerprint density at radius 2 is 2.28 bits per heavy atom. The van der Waals surface area contributed by atoms with Gasteiger partial charge in [0.15, 0.2) is 5.69 Å². The molecule has 1 unspecified atom stereocenters. The Kier molecular flexibility index (Phi) is 3.59. The van der Waals surface area contributed by atoms with E-state index in [0.717, 1.165) is 18.5 Å². The van der Waals surface area contributed by atoms with Gasteiger partial charge < -0.3 is 10.6 Å². The van der Waals surface area contributed by atoms with Crippen LogP contribution >= 0.6 is 0 Å². The number of aromatic nitrogens is 2. The van der Waals surface area contributed by atoms with Crippen molar-refractivity contribution in [1.29, 1.82) is 0 Å². The highest BCUT2D eigenvalue weighted by Gasteiger charge is 2.34. The third-order valence-electron chi connectivity index (χ3n) is 3.82. The largest absolute Gasteiger partial charge is 0.395 e. The second kappa shape index (κ2) is 5.00. The molecule has 0 bridgehead atoms. The Labute approximate surface area is 108 Å². The van der Waals surface area contributed by atoms with E-state index in [1.54, 1.807) is 4.90 Å². The summed E-state index contributed by atoms with van der Waals surface area (Å²) in [6.45, 7) is 4.16. The maximum absolute atomic E-state index is 12.3. The number of nitrogens with two attached hydrogens (primary N) is 1. The first-order valence-corrected chi connectivity index (χ1v) is 6.66. The third kappa shape index (κ3) is 2.35. The summed E-state index contributed by atoms with van der Waals surface area (Å²) in [6, 6.07) is 0.267. The van der Waals surface area contributed by atoms with E-state index in [2.05, 4.69) is 24.0 Å². The summed E-state index contributed by atoms with van der Waals surface area (Å²) in [5, 5.41) is 6.95. The Morgan fingerprint density at radius 1 is 1.61 bits per heavy atom. The van der Waals surface area contributed by atoms with Gasteiger partial charge in [-0.25, -0.2) is 0 Å². The Bertz CT molecular complexity index is 436. The fourth-order valence-corrected chi connectivity index (χ4v) is 2.24. The minimum atomic E-state index is -0.0782. The number of carbonyl (C=O) groups is 1.